The van der Waals surface area contributed by atoms with Crippen molar-refractivity contribution in [1.29, 1.82) is 0 Å². The Morgan fingerprint density at radius 2 is 1.89 bits per heavy atom. The molecule has 8 nitrogen and oxygen atoms in total. The standard InChI is InChI=1S/C13H17ClF3N3O5S2/c1-4-20-11(26(3,21)22)8(10(18-20)13(15,16)17)6-27(23,24)9-5-12(2,7-14)25-19-9/h4-7H2,1-3H3. The summed E-state index contributed by atoms with van der Waals surface area (Å²) in [5.41, 5.74) is -3.61. The zero-order valence-corrected chi connectivity index (χ0v) is 16.9. The minimum atomic E-state index is -5.04. The van der Waals surface area contributed by atoms with E-state index in [4.69, 9.17) is 16.4 Å². The first-order valence-electron chi connectivity index (χ1n) is 7.55. The largest absolute Gasteiger partial charge is 0.435 e. The SMILES string of the molecule is CCn1nc(C(F)(F)F)c(CS(=O)(=O)C2=NOC(C)(CCl)C2)c1S(C)(=O)=O. The molecule has 0 aliphatic carbocycles. The van der Waals surface area contributed by atoms with E-state index in [1.165, 1.54) is 13.8 Å². The van der Waals surface area contributed by atoms with Gasteiger partial charge in [-0.2, -0.15) is 18.3 Å². The molecule has 0 bridgehead atoms. The molecule has 2 heterocycles. The Morgan fingerprint density at radius 1 is 1.30 bits per heavy atom. The summed E-state index contributed by atoms with van der Waals surface area (Å²) in [6, 6.07) is 0. The maximum atomic E-state index is 13.4. The second kappa shape index (κ2) is 6.92. The van der Waals surface area contributed by atoms with Crippen LogP contribution in [0.2, 0.25) is 0 Å². The third-order valence-electron chi connectivity index (χ3n) is 3.79. The van der Waals surface area contributed by atoms with Gasteiger partial charge in [0.1, 0.15) is 0 Å². The van der Waals surface area contributed by atoms with Gasteiger partial charge < -0.3 is 4.84 Å². The van der Waals surface area contributed by atoms with Crippen molar-refractivity contribution >= 4 is 36.3 Å². The van der Waals surface area contributed by atoms with E-state index < -0.39 is 58.5 Å². The third kappa shape index (κ3) is 4.40. The summed E-state index contributed by atoms with van der Waals surface area (Å²) >= 11 is 5.68. The smallest absolute Gasteiger partial charge is 0.387 e. The van der Waals surface area contributed by atoms with Gasteiger partial charge in [-0.15, -0.1) is 11.6 Å². The summed E-state index contributed by atoms with van der Waals surface area (Å²) in [6.45, 7) is 2.69. The molecule has 1 aromatic heterocycles. The summed E-state index contributed by atoms with van der Waals surface area (Å²) in [6.07, 6.45) is -4.59. The Balaban J connectivity index is 2.60. The van der Waals surface area contributed by atoms with Crippen LogP contribution in [0.5, 0.6) is 0 Å². The first-order valence-corrected chi connectivity index (χ1v) is 11.6. The van der Waals surface area contributed by atoms with Crippen molar-refractivity contribution in [1.82, 2.24) is 9.78 Å². The summed E-state index contributed by atoms with van der Waals surface area (Å²) in [7, 11) is -8.60. The van der Waals surface area contributed by atoms with Crippen LogP contribution in [0.4, 0.5) is 13.2 Å². The number of aryl methyl sites for hydroxylation is 1. The molecule has 1 atom stereocenters. The molecule has 154 valence electrons. The number of sulfone groups is 2. The highest BCUT2D eigenvalue weighted by Gasteiger charge is 2.45. The van der Waals surface area contributed by atoms with E-state index in [1.807, 2.05) is 0 Å². The van der Waals surface area contributed by atoms with Gasteiger partial charge in [-0.05, 0) is 13.8 Å². The van der Waals surface area contributed by atoms with E-state index in [2.05, 4.69) is 10.3 Å². The lowest BCUT2D eigenvalue weighted by Crippen LogP contribution is -2.29. The maximum absolute atomic E-state index is 13.4. The Kier molecular flexibility index (Phi) is 5.63. The predicted molar refractivity (Wildman–Crippen MR) is 90.9 cm³/mol. The number of rotatable bonds is 5. The van der Waals surface area contributed by atoms with E-state index in [1.54, 1.807) is 0 Å². The minimum Gasteiger partial charge on any atom is -0.387 e. The van der Waals surface area contributed by atoms with E-state index in [0.29, 0.717) is 10.9 Å². The fourth-order valence-corrected chi connectivity index (χ4v) is 5.43. The van der Waals surface area contributed by atoms with Gasteiger partial charge in [-0.3, -0.25) is 4.68 Å². The number of halogens is 4. The normalized spacial score (nSPS) is 21.2. The van der Waals surface area contributed by atoms with E-state index in [9.17, 15) is 30.0 Å². The monoisotopic (exact) mass is 451 g/mol. The van der Waals surface area contributed by atoms with Crippen LogP contribution in [0.15, 0.2) is 10.2 Å². The lowest BCUT2D eigenvalue weighted by molar-refractivity contribution is -0.142. The predicted octanol–water partition coefficient (Wildman–Crippen LogP) is 1.97. The van der Waals surface area contributed by atoms with Crippen LogP contribution in [0.25, 0.3) is 0 Å². The summed E-state index contributed by atoms with van der Waals surface area (Å²) in [4.78, 5) is 4.96. The van der Waals surface area contributed by atoms with Gasteiger partial charge in [0.05, 0.1) is 11.6 Å². The second-order valence-electron chi connectivity index (χ2n) is 6.31. The Labute approximate surface area is 159 Å². The quantitative estimate of drug-likeness (QED) is 0.633. The summed E-state index contributed by atoms with van der Waals surface area (Å²) in [5, 5.41) is 5.41. The fourth-order valence-electron chi connectivity index (χ4n) is 2.53. The average molecular weight is 452 g/mol. The fraction of sp³-hybridized carbons (Fsp3) is 0.692. The van der Waals surface area contributed by atoms with Crippen LogP contribution in [0, 0.1) is 0 Å². The number of aromatic nitrogens is 2. The molecule has 0 aromatic carbocycles. The van der Waals surface area contributed by atoms with Gasteiger partial charge in [0.2, 0.25) is 0 Å². The highest BCUT2D eigenvalue weighted by Crippen LogP contribution is 2.36. The number of oxime groups is 1. The van der Waals surface area contributed by atoms with Crippen molar-refractivity contribution in [3.05, 3.63) is 11.3 Å². The van der Waals surface area contributed by atoms with Crippen molar-refractivity contribution in [2.45, 2.75) is 49.4 Å². The lowest BCUT2D eigenvalue weighted by Gasteiger charge is -2.16. The average Bonchev–Trinajstić information content (AvgIpc) is 3.08. The van der Waals surface area contributed by atoms with Crippen LogP contribution in [-0.2, 0) is 43.0 Å². The van der Waals surface area contributed by atoms with Crippen LogP contribution in [0.3, 0.4) is 0 Å². The number of hydrogen-bond donors (Lipinski definition) is 0. The molecule has 1 unspecified atom stereocenters. The maximum Gasteiger partial charge on any atom is 0.435 e. The van der Waals surface area contributed by atoms with Gasteiger partial charge in [-0.1, -0.05) is 5.16 Å². The Hall–Kier alpha value is -1.34. The number of nitrogens with zero attached hydrogens (tertiary/aromatic N) is 3. The van der Waals surface area contributed by atoms with E-state index in [0.717, 1.165) is 0 Å². The van der Waals surface area contributed by atoms with Crippen LogP contribution < -0.4 is 0 Å². The Morgan fingerprint density at radius 3 is 2.30 bits per heavy atom. The topological polar surface area (TPSA) is 108 Å². The molecule has 0 amide bonds. The van der Waals surface area contributed by atoms with Crippen molar-refractivity contribution in [3.8, 4) is 0 Å². The molecule has 1 aliphatic heterocycles. The lowest BCUT2D eigenvalue weighted by atomic mass is 10.1. The van der Waals surface area contributed by atoms with Gasteiger partial charge in [0.25, 0.3) is 0 Å². The van der Waals surface area contributed by atoms with Crippen LogP contribution in [0.1, 0.15) is 31.5 Å². The van der Waals surface area contributed by atoms with E-state index >= 15 is 0 Å². The minimum absolute atomic E-state index is 0.0916. The van der Waals surface area contributed by atoms with Crippen molar-refractivity contribution in [2.24, 2.45) is 5.16 Å². The van der Waals surface area contributed by atoms with Crippen molar-refractivity contribution < 1.29 is 34.8 Å². The van der Waals surface area contributed by atoms with Crippen molar-refractivity contribution in [2.75, 3.05) is 12.1 Å². The summed E-state index contributed by atoms with van der Waals surface area (Å²) < 4.78 is 90.0. The highest BCUT2D eigenvalue weighted by atomic mass is 35.5. The molecule has 1 aromatic rings. The molecule has 2 rings (SSSR count). The van der Waals surface area contributed by atoms with Gasteiger partial charge in [0.15, 0.2) is 41.0 Å². The molecule has 0 N–H and O–H groups in total. The molecule has 0 saturated carbocycles. The molecular formula is C13H17ClF3N3O5S2. The van der Waals surface area contributed by atoms with Crippen molar-refractivity contribution in [3.63, 3.8) is 0 Å². The first-order chi connectivity index (χ1) is 12.1. The molecule has 27 heavy (non-hydrogen) atoms. The van der Waals surface area contributed by atoms with Gasteiger partial charge >= 0.3 is 6.18 Å². The van der Waals surface area contributed by atoms with Gasteiger partial charge in [0, 0.05) is 24.8 Å². The zero-order chi connectivity index (χ0) is 20.8. The molecule has 14 heteroatoms. The second-order valence-corrected chi connectivity index (χ2v) is 10.5. The van der Waals surface area contributed by atoms with Gasteiger partial charge in [-0.25, -0.2) is 16.8 Å². The molecular weight excluding hydrogens is 435 g/mol. The third-order valence-corrected chi connectivity index (χ3v) is 7.12. The molecule has 1 aliphatic rings. The highest BCUT2D eigenvalue weighted by molar-refractivity contribution is 8.05. The van der Waals surface area contributed by atoms with Crippen LogP contribution >= 0.6 is 11.6 Å². The first kappa shape index (κ1) is 22.0. The molecule has 0 radical (unpaired) electrons. The Bertz CT molecular complexity index is 986. The molecule has 0 spiro atoms. The van der Waals surface area contributed by atoms with E-state index in [-0.39, 0.29) is 18.8 Å². The molecule has 0 saturated heterocycles. The number of alkyl halides is 4. The molecule has 0 fully saturated rings. The number of hydrogen-bond acceptors (Lipinski definition) is 7. The van der Waals surface area contributed by atoms with Crippen LogP contribution in [-0.4, -0.2) is 49.4 Å². The summed E-state index contributed by atoms with van der Waals surface area (Å²) in [5.74, 6) is -1.32. The zero-order valence-electron chi connectivity index (χ0n) is 14.5.